The molecule has 5 N–H and O–H groups in total. The van der Waals surface area contributed by atoms with Crippen LogP contribution in [0, 0.1) is 0 Å². The van der Waals surface area contributed by atoms with Crippen molar-refractivity contribution in [2.75, 3.05) is 10.6 Å². The fourth-order valence-electron chi connectivity index (χ4n) is 1.41. The second kappa shape index (κ2) is 5.72. The molecule has 0 spiro atoms. The van der Waals surface area contributed by atoms with Crippen molar-refractivity contribution in [3.63, 3.8) is 0 Å². The van der Waals surface area contributed by atoms with E-state index in [1.165, 1.54) is 12.1 Å². The number of thiophene rings is 2. The Morgan fingerprint density at radius 1 is 1.00 bits per heavy atom. The number of nitrogens with two attached hydrogens (primary N) is 1. The summed E-state index contributed by atoms with van der Waals surface area (Å²) in [7, 11) is 0. The molecule has 104 valence electrons. The van der Waals surface area contributed by atoms with E-state index < -0.39 is 17.9 Å². The van der Waals surface area contributed by atoms with Gasteiger partial charge in [-0.1, -0.05) is 0 Å². The summed E-state index contributed by atoms with van der Waals surface area (Å²) in [5.74, 6) is -1.78. The summed E-state index contributed by atoms with van der Waals surface area (Å²) in [6.07, 6.45) is 0. The number of carbonyl (C=O) groups excluding carboxylic acids is 2. The van der Waals surface area contributed by atoms with Crippen LogP contribution in [-0.4, -0.2) is 23.0 Å². The molecule has 0 atom stereocenters. The molecule has 0 radical (unpaired) electrons. The standard InChI is InChI=1S/C11H9N3O4S2/c12-7(15)5-1-3-19-8(5)13-11(18)14-9-6(10(16)17)2-4-20-9/h1-4H,(H2,12,15)(H,16,17)(H2,13,14,18). The van der Waals surface area contributed by atoms with Crippen molar-refractivity contribution in [2.24, 2.45) is 5.73 Å². The minimum atomic E-state index is -1.13. The summed E-state index contributed by atoms with van der Waals surface area (Å²) >= 11 is 2.23. The summed E-state index contributed by atoms with van der Waals surface area (Å²) in [6, 6.07) is 2.25. The zero-order valence-electron chi connectivity index (χ0n) is 9.88. The topological polar surface area (TPSA) is 122 Å². The number of carboxylic acids is 1. The number of anilines is 2. The Morgan fingerprint density at radius 3 is 2.00 bits per heavy atom. The van der Waals surface area contributed by atoms with Crippen molar-refractivity contribution < 1.29 is 19.5 Å². The Hall–Kier alpha value is -2.39. The molecule has 0 fully saturated rings. The highest BCUT2D eigenvalue weighted by atomic mass is 32.1. The summed E-state index contributed by atoms with van der Waals surface area (Å²) in [4.78, 5) is 33.8. The van der Waals surface area contributed by atoms with E-state index in [9.17, 15) is 14.4 Å². The molecule has 2 aromatic heterocycles. The molecular weight excluding hydrogens is 302 g/mol. The van der Waals surface area contributed by atoms with E-state index in [-0.39, 0.29) is 16.1 Å². The average molecular weight is 311 g/mol. The molecule has 0 unspecified atom stereocenters. The third-order valence-corrected chi connectivity index (χ3v) is 3.94. The molecule has 9 heteroatoms. The maximum absolute atomic E-state index is 11.8. The van der Waals surface area contributed by atoms with Crippen molar-refractivity contribution in [1.82, 2.24) is 0 Å². The predicted octanol–water partition coefficient (Wildman–Crippen LogP) is 2.25. The minimum absolute atomic E-state index is 0.00598. The molecule has 20 heavy (non-hydrogen) atoms. The first-order chi connectivity index (χ1) is 9.49. The smallest absolute Gasteiger partial charge is 0.338 e. The van der Waals surface area contributed by atoms with Crippen LogP contribution in [0.5, 0.6) is 0 Å². The van der Waals surface area contributed by atoms with Crippen molar-refractivity contribution >= 4 is 50.6 Å². The van der Waals surface area contributed by atoms with Gasteiger partial charge in [0.1, 0.15) is 10.0 Å². The number of hydrogen-bond acceptors (Lipinski definition) is 5. The van der Waals surface area contributed by atoms with Crippen LogP contribution in [-0.2, 0) is 0 Å². The number of nitrogens with one attached hydrogen (secondary N) is 2. The van der Waals surface area contributed by atoms with E-state index in [1.807, 2.05) is 0 Å². The lowest BCUT2D eigenvalue weighted by atomic mass is 10.3. The van der Waals surface area contributed by atoms with Crippen LogP contribution in [0.1, 0.15) is 20.7 Å². The van der Waals surface area contributed by atoms with E-state index in [0.29, 0.717) is 5.00 Å². The van der Waals surface area contributed by atoms with Gasteiger partial charge in [-0.15, -0.1) is 22.7 Å². The molecule has 0 saturated heterocycles. The van der Waals surface area contributed by atoms with Gasteiger partial charge in [0, 0.05) is 0 Å². The Kier molecular flexibility index (Phi) is 4.01. The lowest BCUT2D eigenvalue weighted by Gasteiger charge is -2.06. The molecule has 0 aliphatic carbocycles. The molecule has 2 rings (SSSR count). The Balaban J connectivity index is 2.09. The molecule has 7 nitrogen and oxygen atoms in total. The molecular formula is C11H9N3O4S2. The van der Waals surface area contributed by atoms with Gasteiger partial charge in [0.05, 0.1) is 11.1 Å². The first-order valence-electron chi connectivity index (χ1n) is 5.25. The van der Waals surface area contributed by atoms with Crippen molar-refractivity contribution in [3.05, 3.63) is 34.0 Å². The number of urea groups is 1. The number of rotatable bonds is 4. The van der Waals surface area contributed by atoms with Gasteiger partial charge < -0.3 is 10.8 Å². The molecule has 0 aliphatic rings. The third kappa shape index (κ3) is 2.95. The zero-order valence-corrected chi connectivity index (χ0v) is 11.5. The summed E-state index contributed by atoms with van der Waals surface area (Å²) < 4.78 is 0. The van der Waals surface area contributed by atoms with Gasteiger partial charge >= 0.3 is 12.0 Å². The second-order valence-corrected chi connectivity index (χ2v) is 5.41. The fraction of sp³-hybridized carbons (Fsp3) is 0. The number of primary amides is 1. The van der Waals surface area contributed by atoms with Crippen LogP contribution in [0.4, 0.5) is 14.8 Å². The molecule has 2 aromatic rings. The second-order valence-electron chi connectivity index (χ2n) is 3.58. The molecule has 0 aliphatic heterocycles. The van der Waals surface area contributed by atoms with E-state index in [2.05, 4.69) is 10.6 Å². The quantitative estimate of drug-likeness (QED) is 0.691. The van der Waals surface area contributed by atoms with Gasteiger partial charge in [-0.2, -0.15) is 0 Å². The lowest BCUT2D eigenvalue weighted by Crippen LogP contribution is -2.21. The number of carbonyl (C=O) groups is 3. The number of hydrogen-bond donors (Lipinski definition) is 4. The van der Waals surface area contributed by atoms with E-state index in [4.69, 9.17) is 10.8 Å². The highest BCUT2D eigenvalue weighted by Gasteiger charge is 2.16. The first kappa shape index (κ1) is 14.0. The lowest BCUT2D eigenvalue weighted by molar-refractivity contribution is 0.0698. The SMILES string of the molecule is NC(=O)c1ccsc1NC(=O)Nc1sccc1C(=O)O. The van der Waals surface area contributed by atoms with Gasteiger partial charge in [-0.3, -0.25) is 15.4 Å². The normalized spacial score (nSPS) is 10.0. The summed E-state index contributed by atoms with van der Waals surface area (Å²) in [5, 5.41) is 17.5. The summed E-state index contributed by atoms with van der Waals surface area (Å²) in [5.41, 5.74) is 5.36. The van der Waals surface area contributed by atoms with Gasteiger partial charge in [-0.05, 0) is 22.9 Å². The van der Waals surface area contributed by atoms with Gasteiger partial charge in [0.15, 0.2) is 0 Å². The average Bonchev–Trinajstić information content (AvgIpc) is 2.97. The predicted molar refractivity (Wildman–Crippen MR) is 76.8 cm³/mol. The third-order valence-electron chi connectivity index (χ3n) is 2.28. The molecule has 0 aromatic carbocycles. The monoisotopic (exact) mass is 311 g/mol. The molecule has 3 amide bonds. The zero-order chi connectivity index (χ0) is 14.7. The van der Waals surface area contributed by atoms with Crippen LogP contribution in [0.25, 0.3) is 0 Å². The Bertz CT molecular complexity index is 621. The van der Waals surface area contributed by atoms with Crippen molar-refractivity contribution in [1.29, 1.82) is 0 Å². The molecule has 2 heterocycles. The van der Waals surface area contributed by atoms with Gasteiger partial charge in [0.2, 0.25) is 0 Å². The molecule has 0 bridgehead atoms. The first-order valence-corrected chi connectivity index (χ1v) is 7.01. The van der Waals surface area contributed by atoms with Gasteiger partial charge in [-0.25, -0.2) is 9.59 Å². The van der Waals surface area contributed by atoms with E-state index in [0.717, 1.165) is 22.7 Å². The van der Waals surface area contributed by atoms with Crippen LogP contribution in [0.2, 0.25) is 0 Å². The fourth-order valence-corrected chi connectivity index (χ4v) is 2.97. The Morgan fingerprint density at radius 2 is 1.50 bits per heavy atom. The highest BCUT2D eigenvalue weighted by molar-refractivity contribution is 7.15. The largest absolute Gasteiger partial charge is 0.478 e. The van der Waals surface area contributed by atoms with Crippen molar-refractivity contribution in [2.45, 2.75) is 0 Å². The number of aromatic carboxylic acids is 1. The van der Waals surface area contributed by atoms with Crippen LogP contribution in [0.15, 0.2) is 22.9 Å². The van der Waals surface area contributed by atoms with Crippen LogP contribution in [0.3, 0.4) is 0 Å². The number of carboxylic acid groups (broad SMARTS) is 1. The number of amides is 3. The molecule has 0 saturated carbocycles. The van der Waals surface area contributed by atoms with Crippen LogP contribution >= 0.6 is 22.7 Å². The Labute approximate surface area is 121 Å². The maximum Gasteiger partial charge on any atom is 0.338 e. The maximum atomic E-state index is 11.8. The van der Waals surface area contributed by atoms with Crippen molar-refractivity contribution in [3.8, 4) is 0 Å². The van der Waals surface area contributed by atoms with Crippen LogP contribution < -0.4 is 16.4 Å². The van der Waals surface area contributed by atoms with E-state index in [1.54, 1.807) is 10.8 Å². The van der Waals surface area contributed by atoms with Gasteiger partial charge in [0.25, 0.3) is 5.91 Å². The minimum Gasteiger partial charge on any atom is -0.478 e. The highest BCUT2D eigenvalue weighted by Crippen LogP contribution is 2.25. The summed E-state index contributed by atoms with van der Waals surface area (Å²) in [6.45, 7) is 0. The van der Waals surface area contributed by atoms with E-state index >= 15 is 0 Å².